The number of rotatable bonds is 4. The van der Waals surface area contributed by atoms with E-state index < -0.39 is 0 Å². The van der Waals surface area contributed by atoms with E-state index >= 15 is 0 Å². The first-order valence-electron chi connectivity index (χ1n) is 5.93. The Kier molecular flexibility index (Phi) is 5.19. The molecule has 1 aliphatic rings. The zero-order valence-corrected chi connectivity index (χ0v) is 12.9. The Morgan fingerprint density at radius 3 is 2.95 bits per heavy atom. The van der Waals surface area contributed by atoms with Crippen LogP contribution in [0.15, 0.2) is 29.4 Å². The average Bonchev–Trinajstić information content (AvgIpc) is 2.75. The van der Waals surface area contributed by atoms with Crippen LogP contribution in [0, 0.1) is 0 Å². The van der Waals surface area contributed by atoms with Gasteiger partial charge in [-0.3, -0.25) is 4.79 Å². The molecule has 0 unspecified atom stereocenters. The van der Waals surface area contributed by atoms with Crippen molar-refractivity contribution in [3.63, 3.8) is 0 Å². The molecule has 0 aliphatic carbocycles. The lowest BCUT2D eigenvalue weighted by atomic mass is 10.2. The number of hydrogen-bond donors (Lipinski definition) is 1. The minimum atomic E-state index is -0.0531. The second kappa shape index (κ2) is 6.68. The molecular formula is C13H15ClN2OS2. The van der Waals surface area contributed by atoms with Crippen molar-refractivity contribution in [2.75, 3.05) is 11.5 Å². The second-order valence-electron chi connectivity index (χ2n) is 4.36. The van der Waals surface area contributed by atoms with Crippen LogP contribution in [0.3, 0.4) is 0 Å². The van der Waals surface area contributed by atoms with Gasteiger partial charge in [0.25, 0.3) is 0 Å². The van der Waals surface area contributed by atoms with Gasteiger partial charge in [0, 0.05) is 16.5 Å². The molecule has 0 atom stereocenters. The second-order valence-corrected chi connectivity index (χ2v) is 8.25. The molecule has 0 aromatic heterocycles. The van der Waals surface area contributed by atoms with E-state index in [1.807, 2.05) is 35.7 Å². The zero-order chi connectivity index (χ0) is 13.7. The summed E-state index contributed by atoms with van der Waals surface area (Å²) in [6, 6.07) is 7.32. The molecule has 0 spiro atoms. The molecule has 1 saturated heterocycles. The maximum Gasteiger partial charge on any atom is 0.242 e. The third-order valence-electron chi connectivity index (χ3n) is 2.63. The molecule has 0 bridgehead atoms. The summed E-state index contributed by atoms with van der Waals surface area (Å²) in [5, 5.41) is 4.61. The third kappa shape index (κ3) is 4.75. The smallest absolute Gasteiger partial charge is 0.242 e. The number of carbonyl (C=O) groups is 1. The summed E-state index contributed by atoms with van der Waals surface area (Å²) in [6.07, 6.45) is 2.08. The summed E-state index contributed by atoms with van der Waals surface area (Å²) in [5.74, 6) is 2.17. The highest BCUT2D eigenvalue weighted by Gasteiger charge is 2.32. The van der Waals surface area contributed by atoms with E-state index in [-0.39, 0.29) is 9.99 Å². The Balaban J connectivity index is 1.83. The van der Waals surface area contributed by atoms with Gasteiger partial charge in [0.05, 0.1) is 16.7 Å². The third-order valence-corrected chi connectivity index (χ3v) is 6.16. The number of nitrogens with one attached hydrogen (secondary N) is 1. The van der Waals surface area contributed by atoms with Crippen molar-refractivity contribution < 1.29 is 4.79 Å². The van der Waals surface area contributed by atoms with E-state index in [0.717, 1.165) is 17.1 Å². The number of hydrogen-bond acceptors (Lipinski definition) is 4. The number of hydrazone groups is 1. The van der Waals surface area contributed by atoms with E-state index in [2.05, 4.69) is 17.5 Å². The first kappa shape index (κ1) is 14.8. The van der Waals surface area contributed by atoms with Crippen molar-refractivity contribution in [3.05, 3.63) is 34.9 Å². The lowest BCUT2D eigenvalue weighted by Crippen LogP contribution is -2.26. The molecule has 1 aliphatic heterocycles. The topological polar surface area (TPSA) is 41.5 Å². The molecule has 1 aromatic rings. The van der Waals surface area contributed by atoms with Crippen molar-refractivity contribution >= 4 is 47.2 Å². The van der Waals surface area contributed by atoms with E-state index in [1.165, 1.54) is 0 Å². The molecule has 19 heavy (non-hydrogen) atoms. The molecule has 0 saturated carbocycles. The molecular weight excluding hydrogens is 300 g/mol. The van der Waals surface area contributed by atoms with E-state index in [4.69, 9.17) is 11.6 Å². The van der Waals surface area contributed by atoms with Crippen molar-refractivity contribution in [1.29, 1.82) is 0 Å². The molecule has 102 valence electrons. The van der Waals surface area contributed by atoms with Gasteiger partial charge in [-0.1, -0.05) is 23.7 Å². The first-order valence-corrected chi connectivity index (χ1v) is 8.28. The fourth-order valence-corrected chi connectivity index (χ4v) is 4.78. The van der Waals surface area contributed by atoms with Crippen LogP contribution in [0.2, 0.25) is 5.02 Å². The van der Waals surface area contributed by atoms with Crippen molar-refractivity contribution in [2.24, 2.45) is 5.10 Å². The quantitative estimate of drug-likeness (QED) is 0.684. The van der Waals surface area contributed by atoms with Gasteiger partial charge < -0.3 is 0 Å². The number of thioether (sulfide) groups is 2. The fraction of sp³-hybridized carbons (Fsp3) is 0.385. The zero-order valence-electron chi connectivity index (χ0n) is 10.6. The van der Waals surface area contributed by atoms with Gasteiger partial charge in [0.1, 0.15) is 0 Å². The molecule has 1 heterocycles. The molecule has 6 heteroatoms. The minimum Gasteiger partial charge on any atom is -0.273 e. The monoisotopic (exact) mass is 314 g/mol. The van der Waals surface area contributed by atoms with Gasteiger partial charge in [-0.2, -0.15) is 5.10 Å². The summed E-state index contributed by atoms with van der Waals surface area (Å²) in [6.45, 7) is 2.11. The first-order chi connectivity index (χ1) is 9.07. The Labute approximate surface area is 126 Å². The lowest BCUT2D eigenvalue weighted by molar-refractivity contribution is -0.121. The fourth-order valence-electron chi connectivity index (χ4n) is 1.76. The maximum absolute atomic E-state index is 11.8. The lowest BCUT2D eigenvalue weighted by Gasteiger charge is -2.19. The molecule has 1 aromatic carbocycles. The Morgan fingerprint density at radius 1 is 1.53 bits per heavy atom. The maximum atomic E-state index is 11.8. The van der Waals surface area contributed by atoms with Crippen LogP contribution in [-0.2, 0) is 4.79 Å². The highest BCUT2D eigenvalue weighted by Crippen LogP contribution is 2.45. The summed E-state index contributed by atoms with van der Waals surface area (Å²) in [5.41, 5.74) is 3.43. The Bertz CT molecular complexity index is 487. The van der Waals surface area contributed by atoms with Crippen molar-refractivity contribution in [1.82, 2.24) is 5.43 Å². The van der Waals surface area contributed by atoms with Crippen molar-refractivity contribution in [2.45, 2.75) is 17.4 Å². The van der Waals surface area contributed by atoms with Crippen molar-refractivity contribution in [3.8, 4) is 0 Å². The predicted octanol–water partition coefficient (Wildman–Crippen LogP) is 3.38. The van der Waals surface area contributed by atoms with Gasteiger partial charge in [-0.05, 0) is 24.6 Å². The summed E-state index contributed by atoms with van der Waals surface area (Å²) < 4.78 is -0.00431. The van der Waals surface area contributed by atoms with Crippen LogP contribution >= 0.6 is 35.1 Å². The standard InChI is InChI=1S/C13H15ClN2OS2/c1-13(18-5-6-19-13)8-12(17)16-15-9-10-3-2-4-11(14)7-10/h2-4,7,9H,5-6,8H2,1H3,(H,16,17)/b15-9+. The number of amides is 1. The van der Waals surface area contributed by atoms with Gasteiger partial charge >= 0.3 is 0 Å². The SMILES string of the molecule is CC1(CC(=O)N/N=C/c2cccc(Cl)c2)SCCS1. The van der Waals surface area contributed by atoms with E-state index in [1.54, 1.807) is 18.3 Å². The van der Waals surface area contributed by atoms with E-state index in [0.29, 0.717) is 11.4 Å². The molecule has 1 fully saturated rings. The van der Waals surface area contributed by atoms with Gasteiger partial charge in [-0.15, -0.1) is 23.5 Å². The number of benzene rings is 1. The molecule has 3 nitrogen and oxygen atoms in total. The van der Waals surface area contributed by atoms with Crippen LogP contribution in [0.25, 0.3) is 0 Å². The largest absolute Gasteiger partial charge is 0.273 e. The number of nitrogens with zero attached hydrogens (tertiary/aromatic N) is 1. The average molecular weight is 315 g/mol. The number of halogens is 1. The normalized spacial score (nSPS) is 17.8. The highest BCUT2D eigenvalue weighted by atomic mass is 35.5. The summed E-state index contributed by atoms with van der Waals surface area (Å²) in [7, 11) is 0. The Morgan fingerprint density at radius 2 is 2.26 bits per heavy atom. The van der Waals surface area contributed by atoms with Gasteiger partial charge in [-0.25, -0.2) is 5.43 Å². The Hall–Kier alpha value is -0.650. The molecule has 1 N–H and O–H groups in total. The predicted molar refractivity (Wildman–Crippen MR) is 85.1 cm³/mol. The summed E-state index contributed by atoms with van der Waals surface area (Å²) >= 11 is 9.54. The highest BCUT2D eigenvalue weighted by molar-refractivity contribution is 8.21. The summed E-state index contributed by atoms with van der Waals surface area (Å²) in [4.78, 5) is 11.8. The van der Waals surface area contributed by atoms with E-state index in [9.17, 15) is 4.79 Å². The van der Waals surface area contributed by atoms with Crippen LogP contribution in [0.4, 0.5) is 0 Å². The van der Waals surface area contributed by atoms with Crippen LogP contribution in [-0.4, -0.2) is 27.7 Å². The van der Waals surface area contributed by atoms with Crippen LogP contribution < -0.4 is 5.43 Å². The van der Waals surface area contributed by atoms with Crippen LogP contribution in [0.1, 0.15) is 18.9 Å². The molecule has 1 amide bonds. The number of carbonyl (C=O) groups excluding carboxylic acids is 1. The van der Waals surface area contributed by atoms with Crippen LogP contribution in [0.5, 0.6) is 0 Å². The van der Waals surface area contributed by atoms with Gasteiger partial charge in [0.15, 0.2) is 0 Å². The van der Waals surface area contributed by atoms with Gasteiger partial charge in [0.2, 0.25) is 5.91 Å². The molecule has 2 rings (SSSR count). The minimum absolute atomic E-state index is 0.00431. The molecule has 0 radical (unpaired) electrons.